The van der Waals surface area contributed by atoms with Crippen LogP contribution in [0.25, 0.3) is 0 Å². The second kappa shape index (κ2) is 10.6. The molecule has 6 nitrogen and oxygen atoms in total. The molecule has 1 aromatic rings. The van der Waals surface area contributed by atoms with E-state index in [1.54, 1.807) is 0 Å². The third-order valence-electron chi connectivity index (χ3n) is 4.69. The number of hydrogen-bond donors (Lipinski definition) is 2. The van der Waals surface area contributed by atoms with Gasteiger partial charge in [-0.2, -0.15) is 0 Å². The Hall–Kier alpha value is -1.56. The summed E-state index contributed by atoms with van der Waals surface area (Å²) in [6.07, 6.45) is 2.59. The maximum atomic E-state index is 5.38. The predicted molar refractivity (Wildman–Crippen MR) is 107 cm³/mol. The highest BCUT2D eigenvalue weighted by atomic mass is 16.5. The first-order valence-electron chi connectivity index (χ1n) is 10.2. The molecule has 0 radical (unpaired) electrons. The predicted octanol–water partition coefficient (Wildman–Crippen LogP) is 3.22. The summed E-state index contributed by atoms with van der Waals surface area (Å²) in [6.45, 7) is 16.9. The van der Waals surface area contributed by atoms with Gasteiger partial charge in [-0.05, 0) is 44.1 Å². The Bertz CT molecular complexity index is 552. The Morgan fingerprint density at radius 1 is 1.35 bits per heavy atom. The Kier molecular flexibility index (Phi) is 8.42. The SMILES string of the molecule is CCNC(=NCc1cc(C(C)C)no1)NCC1CCCN(CC(C)C)C1. The van der Waals surface area contributed by atoms with Gasteiger partial charge in [0.2, 0.25) is 0 Å². The number of piperidine rings is 1. The van der Waals surface area contributed by atoms with E-state index in [4.69, 9.17) is 4.52 Å². The zero-order valence-corrected chi connectivity index (χ0v) is 17.2. The van der Waals surface area contributed by atoms with E-state index >= 15 is 0 Å². The summed E-state index contributed by atoms with van der Waals surface area (Å²) >= 11 is 0. The number of likely N-dealkylation sites (tertiary alicyclic amines) is 1. The van der Waals surface area contributed by atoms with Crippen LogP contribution in [0.1, 0.15) is 64.8 Å². The molecule has 1 atom stereocenters. The van der Waals surface area contributed by atoms with E-state index in [2.05, 4.69) is 60.3 Å². The van der Waals surface area contributed by atoms with E-state index in [9.17, 15) is 0 Å². The van der Waals surface area contributed by atoms with Gasteiger partial charge in [0.1, 0.15) is 6.54 Å². The van der Waals surface area contributed by atoms with Crippen molar-refractivity contribution in [3.8, 4) is 0 Å². The van der Waals surface area contributed by atoms with Gasteiger partial charge in [0.25, 0.3) is 0 Å². The van der Waals surface area contributed by atoms with Crippen molar-refractivity contribution >= 4 is 5.96 Å². The largest absolute Gasteiger partial charge is 0.359 e. The lowest BCUT2D eigenvalue weighted by Gasteiger charge is -2.34. The van der Waals surface area contributed by atoms with Gasteiger partial charge in [-0.3, -0.25) is 0 Å². The average Bonchev–Trinajstić information content (AvgIpc) is 3.06. The number of rotatable bonds is 8. The van der Waals surface area contributed by atoms with Crippen molar-refractivity contribution in [1.82, 2.24) is 20.7 Å². The standard InChI is InChI=1S/C20H37N5O/c1-6-21-20(23-12-18-10-19(16(4)5)24-26-18)22-11-17-8-7-9-25(14-17)13-15(2)3/h10,15-17H,6-9,11-14H2,1-5H3,(H2,21,22,23). The average molecular weight is 364 g/mol. The van der Waals surface area contributed by atoms with Crippen LogP contribution in [-0.2, 0) is 6.54 Å². The zero-order chi connectivity index (χ0) is 18.9. The van der Waals surface area contributed by atoms with E-state index in [0.29, 0.717) is 18.4 Å². The first kappa shape index (κ1) is 20.7. The van der Waals surface area contributed by atoms with Gasteiger partial charge in [-0.25, -0.2) is 4.99 Å². The number of aromatic nitrogens is 1. The van der Waals surface area contributed by atoms with Crippen molar-refractivity contribution in [2.75, 3.05) is 32.7 Å². The monoisotopic (exact) mass is 363 g/mol. The lowest BCUT2D eigenvalue weighted by molar-refractivity contribution is 0.159. The molecule has 0 aliphatic carbocycles. The number of nitrogens with zero attached hydrogens (tertiary/aromatic N) is 3. The molecule has 2 rings (SSSR count). The highest BCUT2D eigenvalue weighted by Crippen LogP contribution is 2.17. The van der Waals surface area contributed by atoms with Crippen molar-refractivity contribution in [3.05, 3.63) is 17.5 Å². The molecular weight excluding hydrogens is 326 g/mol. The Morgan fingerprint density at radius 2 is 2.15 bits per heavy atom. The Morgan fingerprint density at radius 3 is 2.81 bits per heavy atom. The topological polar surface area (TPSA) is 65.7 Å². The van der Waals surface area contributed by atoms with Crippen LogP contribution >= 0.6 is 0 Å². The molecule has 1 aromatic heterocycles. The number of hydrogen-bond acceptors (Lipinski definition) is 4. The third kappa shape index (κ3) is 6.98. The summed E-state index contributed by atoms with van der Waals surface area (Å²) in [5.41, 5.74) is 0.987. The highest BCUT2D eigenvalue weighted by molar-refractivity contribution is 5.79. The molecule has 1 aliphatic heterocycles. The van der Waals surface area contributed by atoms with Crippen molar-refractivity contribution in [3.63, 3.8) is 0 Å². The maximum Gasteiger partial charge on any atom is 0.191 e. The molecule has 148 valence electrons. The lowest BCUT2D eigenvalue weighted by Crippen LogP contribution is -2.45. The molecule has 0 aromatic carbocycles. The van der Waals surface area contributed by atoms with Crippen molar-refractivity contribution in [2.24, 2.45) is 16.8 Å². The third-order valence-corrected chi connectivity index (χ3v) is 4.69. The normalized spacial score (nSPS) is 19.3. The molecular formula is C20H37N5O. The summed E-state index contributed by atoms with van der Waals surface area (Å²) in [5.74, 6) is 3.47. The Balaban J connectivity index is 1.84. The smallest absolute Gasteiger partial charge is 0.191 e. The molecule has 1 saturated heterocycles. The van der Waals surface area contributed by atoms with Gasteiger partial charge >= 0.3 is 0 Å². The van der Waals surface area contributed by atoms with Crippen molar-refractivity contribution < 1.29 is 4.52 Å². The van der Waals surface area contributed by atoms with Crippen LogP contribution in [0.3, 0.4) is 0 Å². The minimum absolute atomic E-state index is 0.378. The fraction of sp³-hybridized carbons (Fsp3) is 0.800. The van der Waals surface area contributed by atoms with Crippen LogP contribution in [0.15, 0.2) is 15.6 Å². The second-order valence-electron chi connectivity index (χ2n) is 8.11. The molecule has 1 fully saturated rings. The fourth-order valence-electron chi connectivity index (χ4n) is 3.42. The summed E-state index contributed by atoms with van der Waals surface area (Å²) in [6, 6.07) is 2.00. The number of aliphatic imine (C=N–C) groups is 1. The molecule has 0 saturated carbocycles. The van der Waals surface area contributed by atoms with Gasteiger partial charge < -0.3 is 20.1 Å². The van der Waals surface area contributed by atoms with Gasteiger partial charge in [0.05, 0.1) is 5.69 Å². The van der Waals surface area contributed by atoms with Crippen molar-refractivity contribution in [1.29, 1.82) is 0 Å². The molecule has 1 unspecified atom stereocenters. The first-order valence-corrected chi connectivity index (χ1v) is 10.2. The number of nitrogens with one attached hydrogen (secondary N) is 2. The van der Waals surface area contributed by atoms with Gasteiger partial charge in [0, 0.05) is 32.2 Å². The van der Waals surface area contributed by atoms with E-state index < -0.39 is 0 Å². The molecule has 2 heterocycles. The molecule has 6 heteroatoms. The zero-order valence-electron chi connectivity index (χ0n) is 17.2. The molecule has 26 heavy (non-hydrogen) atoms. The van der Waals surface area contributed by atoms with E-state index in [1.807, 2.05) is 6.07 Å². The van der Waals surface area contributed by atoms with Crippen LogP contribution in [0.4, 0.5) is 0 Å². The summed E-state index contributed by atoms with van der Waals surface area (Å²) in [5, 5.41) is 10.9. The van der Waals surface area contributed by atoms with Crippen LogP contribution in [0.2, 0.25) is 0 Å². The van der Waals surface area contributed by atoms with Gasteiger partial charge in [-0.15, -0.1) is 0 Å². The second-order valence-corrected chi connectivity index (χ2v) is 8.11. The summed E-state index contributed by atoms with van der Waals surface area (Å²) < 4.78 is 5.38. The highest BCUT2D eigenvalue weighted by Gasteiger charge is 2.20. The van der Waals surface area contributed by atoms with Gasteiger partial charge in [0.15, 0.2) is 11.7 Å². The van der Waals surface area contributed by atoms with E-state index in [-0.39, 0.29) is 0 Å². The fourth-order valence-corrected chi connectivity index (χ4v) is 3.42. The molecule has 1 aliphatic rings. The van der Waals surface area contributed by atoms with Crippen molar-refractivity contribution in [2.45, 2.75) is 59.9 Å². The van der Waals surface area contributed by atoms with Crippen LogP contribution in [0, 0.1) is 11.8 Å². The van der Waals surface area contributed by atoms with E-state index in [1.165, 1.54) is 32.5 Å². The summed E-state index contributed by atoms with van der Waals surface area (Å²) in [7, 11) is 0. The molecule has 2 N–H and O–H groups in total. The van der Waals surface area contributed by atoms with Crippen LogP contribution in [0.5, 0.6) is 0 Å². The molecule has 0 bridgehead atoms. The van der Waals surface area contributed by atoms with Crippen LogP contribution < -0.4 is 10.6 Å². The number of guanidine groups is 1. The maximum absolute atomic E-state index is 5.38. The quantitative estimate of drug-likeness (QED) is 0.548. The minimum atomic E-state index is 0.378. The van der Waals surface area contributed by atoms with Crippen LogP contribution in [-0.4, -0.2) is 48.7 Å². The minimum Gasteiger partial charge on any atom is -0.359 e. The van der Waals surface area contributed by atoms with E-state index in [0.717, 1.165) is 36.4 Å². The first-order chi connectivity index (χ1) is 12.5. The molecule has 0 spiro atoms. The summed E-state index contributed by atoms with van der Waals surface area (Å²) in [4.78, 5) is 7.26. The lowest BCUT2D eigenvalue weighted by atomic mass is 9.97. The van der Waals surface area contributed by atoms with Gasteiger partial charge in [-0.1, -0.05) is 32.9 Å². The molecule has 0 amide bonds. The Labute approximate surface area is 158 Å².